The van der Waals surface area contributed by atoms with Crippen LogP contribution in [0.2, 0.25) is 0 Å². The lowest BCUT2D eigenvalue weighted by Gasteiger charge is -2.14. The van der Waals surface area contributed by atoms with Gasteiger partial charge in [0, 0.05) is 21.5 Å². The van der Waals surface area contributed by atoms with E-state index in [2.05, 4.69) is 5.32 Å². The number of hydrogen-bond acceptors (Lipinski definition) is 3. The number of aliphatic carboxylic acids is 1. The normalized spacial score (nSPS) is 12.3. The third-order valence-electron chi connectivity index (χ3n) is 2.97. The summed E-state index contributed by atoms with van der Waals surface area (Å²) in [6.45, 7) is 1.86. The van der Waals surface area contributed by atoms with Crippen molar-refractivity contribution in [3.63, 3.8) is 0 Å². The Bertz CT molecular complexity index is 606. The van der Waals surface area contributed by atoms with Crippen LogP contribution in [0, 0.1) is 0 Å². The third-order valence-corrected chi connectivity index (χ3v) is 3.94. The summed E-state index contributed by atoms with van der Waals surface area (Å²) in [6.07, 6.45) is 0.546. The van der Waals surface area contributed by atoms with Crippen LogP contribution >= 0.6 is 11.3 Å². The smallest absolute Gasteiger partial charge is 0.305 e. The molecule has 1 unspecified atom stereocenters. The van der Waals surface area contributed by atoms with E-state index in [1.165, 1.54) is 11.3 Å². The van der Waals surface area contributed by atoms with Crippen LogP contribution in [-0.2, 0) is 4.79 Å². The largest absolute Gasteiger partial charge is 0.481 e. The molecule has 0 bridgehead atoms. The van der Waals surface area contributed by atoms with Crippen molar-refractivity contribution in [2.45, 2.75) is 25.8 Å². The number of benzene rings is 1. The van der Waals surface area contributed by atoms with E-state index < -0.39 is 5.97 Å². The number of carbonyl (C=O) groups is 2. The van der Waals surface area contributed by atoms with Crippen LogP contribution in [0.15, 0.2) is 29.6 Å². The van der Waals surface area contributed by atoms with Gasteiger partial charge in [0.25, 0.3) is 5.91 Å². The molecule has 0 saturated carbocycles. The molecule has 5 heteroatoms. The molecule has 2 N–H and O–H groups in total. The highest BCUT2D eigenvalue weighted by Crippen LogP contribution is 2.25. The van der Waals surface area contributed by atoms with Gasteiger partial charge in [-0.15, -0.1) is 11.3 Å². The fourth-order valence-corrected chi connectivity index (χ4v) is 2.87. The van der Waals surface area contributed by atoms with Crippen molar-refractivity contribution >= 4 is 33.3 Å². The van der Waals surface area contributed by atoms with Gasteiger partial charge in [0.15, 0.2) is 0 Å². The molecule has 1 aromatic heterocycles. The van der Waals surface area contributed by atoms with E-state index in [0.717, 1.165) is 10.1 Å². The third kappa shape index (κ3) is 3.12. The van der Waals surface area contributed by atoms with Gasteiger partial charge in [0.2, 0.25) is 0 Å². The van der Waals surface area contributed by atoms with Gasteiger partial charge in [-0.25, -0.2) is 0 Å². The summed E-state index contributed by atoms with van der Waals surface area (Å²) < 4.78 is 1.05. The Labute approximate surface area is 115 Å². The molecule has 1 amide bonds. The number of carboxylic acid groups (broad SMARTS) is 1. The minimum Gasteiger partial charge on any atom is -0.481 e. The highest BCUT2D eigenvalue weighted by Gasteiger charge is 2.17. The average molecular weight is 277 g/mol. The van der Waals surface area contributed by atoms with Gasteiger partial charge in [-0.2, -0.15) is 0 Å². The Morgan fingerprint density at radius 1 is 1.37 bits per heavy atom. The van der Waals surface area contributed by atoms with E-state index in [1.54, 1.807) is 0 Å². The molecule has 2 rings (SSSR count). The Balaban J connectivity index is 2.17. The van der Waals surface area contributed by atoms with Crippen molar-refractivity contribution in [3.8, 4) is 0 Å². The molecule has 1 aromatic carbocycles. The second kappa shape index (κ2) is 5.84. The van der Waals surface area contributed by atoms with Gasteiger partial charge >= 0.3 is 5.97 Å². The monoisotopic (exact) mass is 277 g/mol. The maximum Gasteiger partial charge on any atom is 0.305 e. The van der Waals surface area contributed by atoms with E-state index in [4.69, 9.17) is 5.11 Å². The van der Waals surface area contributed by atoms with Gasteiger partial charge < -0.3 is 10.4 Å². The number of nitrogens with one attached hydrogen (secondary N) is 1. The fraction of sp³-hybridized carbons (Fsp3) is 0.286. The summed E-state index contributed by atoms with van der Waals surface area (Å²) in [5.74, 6) is -1.10. The highest BCUT2D eigenvalue weighted by molar-refractivity contribution is 7.17. The molecule has 19 heavy (non-hydrogen) atoms. The minimum absolute atomic E-state index is 0.0513. The molecule has 1 atom stereocenters. The summed E-state index contributed by atoms with van der Waals surface area (Å²) >= 11 is 1.51. The molecule has 0 aliphatic rings. The molecular formula is C14H15NO3S. The maximum atomic E-state index is 12.2. The number of rotatable bonds is 5. The van der Waals surface area contributed by atoms with Crippen molar-refractivity contribution in [2.75, 3.05) is 0 Å². The van der Waals surface area contributed by atoms with E-state index in [1.807, 2.05) is 36.6 Å². The average Bonchev–Trinajstić information content (AvgIpc) is 2.81. The number of amides is 1. The topological polar surface area (TPSA) is 66.4 Å². The first-order chi connectivity index (χ1) is 9.11. The first-order valence-electron chi connectivity index (χ1n) is 6.10. The van der Waals surface area contributed by atoms with Crippen molar-refractivity contribution in [2.24, 2.45) is 0 Å². The molecule has 0 aliphatic carbocycles. The summed E-state index contributed by atoms with van der Waals surface area (Å²) in [5, 5.41) is 14.3. The van der Waals surface area contributed by atoms with Gasteiger partial charge in [-0.3, -0.25) is 9.59 Å². The number of carboxylic acids is 1. The summed E-state index contributed by atoms with van der Waals surface area (Å²) in [7, 11) is 0. The van der Waals surface area contributed by atoms with Crippen LogP contribution < -0.4 is 5.32 Å². The molecule has 0 aliphatic heterocycles. The first-order valence-corrected chi connectivity index (χ1v) is 6.98. The zero-order valence-corrected chi connectivity index (χ0v) is 11.4. The van der Waals surface area contributed by atoms with Crippen molar-refractivity contribution < 1.29 is 14.7 Å². The van der Waals surface area contributed by atoms with E-state index in [-0.39, 0.29) is 18.4 Å². The van der Waals surface area contributed by atoms with Gasteiger partial charge in [0.05, 0.1) is 12.0 Å². The number of hydrogen-bond donors (Lipinski definition) is 2. The second-order valence-corrected chi connectivity index (χ2v) is 5.23. The van der Waals surface area contributed by atoms with Crippen LogP contribution in [0.3, 0.4) is 0 Å². The lowest BCUT2D eigenvalue weighted by Crippen LogP contribution is -2.35. The lowest BCUT2D eigenvalue weighted by atomic mass is 10.1. The molecule has 2 aromatic rings. The first kappa shape index (κ1) is 13.5. The van der Waals surface area contributed by atoms with Crippen LogP contribution in [0.1, 0.15) is 30.1 Å². The molecular weight excluding hydrogens is 262 g/mol. The van der Waals surface area contributed by atoms with Gasteiger partial charge in [-0.05, 0) is 12.5 Å². The molecule has 0 spiro atoms. The van der Waals surface area contributed by atoms with Gasteiger partial charge in [0.1, 0.15) is 0 Å². The van der Waals surface area contributed by atoms with E-state index in [0.29, 0.717) is 12.0 Å². The van der Waals surface area contributed by atoms with Crippen molar-refractivity contribution in [1.29, 1.82) is 0 Å². The fourth-order valence-electron chi connectivity index (χ4n) is 1.93. The quantitative estimate of drug-likeness (QED) is 0.883. The zero-order chi connectivity index (χ0) is 13.8. The Morgan fingerprint density at radius 2 is 2.11 bits per heavy atom. The van der Waals surface area contributed by atoms with E-state index >= 15 is 0 Å². The minimum atomic E-state index is -0.901. The Kier molecular flexibility index (Phi) is 4.16. The Hall–Kier alpha value is -1.88. The number of thiophene rings is 1. The zero-order valence-electron chi connectivity index (χ0n) is 10.6. The second-order valence-electron chi connectivity index (χ2n) is 4.32. The van der Waals surface area contributed by atoms with Crippen molar-refractivity contribution in [1.82, 2.24) is 5.32 Å². The SMILES string of the molecule is CCC(CC(=O)O)NC(=O)c1csc2ccccc12. The molecule has 0 radical (unpaired) electrons. The summed E-state index contributed by atoms with van der Waals surface area (Å²) in [4.78, 5) is 22.9. The van der Waals surface area contributed by atoms with Crippen LogP contribution in [-0.4, -0.2) is 23.0 Å². The summed E-state index contributed by atoms with van der Waals surface area (Å²) in [6, 6.07) is 7.35. The van der Waals surface area contributed by atoms with Crippen LogP contribution in [0.5, 0.6) is 0 Å². The molecule has 4 nitrogen and oxygen atoms in total. The summed E-state index contributed by atoms with van der Waals surface area (Å²) in [5.41, 5.74) is 0.615. The lowest BCUT2D eigenvalue weighted by molar-refractivity contribution is -0.137. The van der Waals surface area contributed by atoms with Crippen LogP contribution in [0.4, 0.5) is 0 Å². The molecule has 1 heterocycles. The predicted molar refractivity (Wildman–Crippen MR) is 75.6 cm³/mol. The number of carbonyl (C=O) groups excluding carboxylic acids is 1. The van der Waals surface area contributed by atoms with E-state index in [9.17, 15) is 9.59 Å². The molecule has 0 saturated heterocycles. The molecule has 0 fully saturated rings. The molecule has 100 valence electrons. The van der Waals surface area contributed by atoms with Gasteiger partial charge in [-0.1, -0.05) is 25.1 Å². The van der Waals surface area contributed by atoms with Crippen molar-refractivity contribution in [3.05, 3.63) is 35.2 Å². The highest BCUT2D eigenvalue weighted by atomic mass is 32.1. The van der Waals surface area contributed by atoms with Crippen LogP contribution in [0.25, 0.3) is 10.1 Å². The standard InChI is InChI=1S/C14H15NO3S/c1-2-9(7-13(16)17)15-14(18)11-8-19-12-6-4-3-5-10(11)12/h3-6,8-9H,2,7H2,1H3,(H,15,18)(H,16,17). The Morgan fingerprint density at radius 3 is 2.79 bits per heavy atom. The maximum absolute atomic E-state index is 12.2. The number of fused-ring (bicyclic) bond motifs is 1. The predicted octanol–water partition coefficient (Wildman–Crippen LogP) is 2.88.